The van der Waals surface area contributed by atoms with E-state index in [0.717, 1.165) is 0 Å². The molecule has 2 N–H and O–H groups in total. The van der Waals surface area contributed by atoms with Crippen LogP contribution in [-0.4, -0.2) is 19.9 Å². The predicted octanol–water partition coefficient (Wildman–Crippen LogP) is 0.817. The van der Waals surface area contributed by atoms with E-state index in [0.29, 0.717) is 0 Å². The van der Waals surface area contributed by atoms with Crippen molar-refractivity contribution in [3.8, 4) is 0 Å². The number of nitrogens with zero attached hydrogens (tertiary/aromatic N) is 2. The SMILES string of the molecule is [Ni+2].c1c[nH]cn1.c1c[nH]cn1. The van der Waals surface area contributed by atoms with Crippen molar-refractivity contribution in [2.75, 3.05) is 0 Å². The van der Waals surface area contributed by atoms with Crippen molar-refractivity contribution in [3.63, 3.8) is 0 Å². The van der Waals surface area contributed by atoms with Gasteiger partial charge >= 0.3 is 16.5 Å². The molecule has 2 aromatic rings. The van der Waals surface area contributed by atoms with E-state index in [1.54, 1.807) is 37.4 Å². The minimum absolute atomic E-state index is 0. The molecule has 11 heavy (non-hydrogen) atoms. The van der Waals surface area contributed by atoms with Gasteiger partial charge < -0.3 is 9.97 Å². The van der Waals surface area contributed by atoms with Crippen molar-refractivity contribution >= 4 is 0 Å². The largest absolute Gasteiger partial charge is 2.00 e. The van der Waals surface area contributed by atoms with Crippen molar-refractivity contribution < 1.29 is 16.5 Å². The summed E-state index contributed by atoms with van der Waals surface area (Å²) in [7, 11) is 0. The third-order valence-electron chi connectivity index (χ3n) is 0.812. The fourth-order valence-electron chi connectivity index (χ4n) is 0.430. The van der Waals surface area contributed by atoms with Gasteiger partial charge in [-0.1, -0.05) is 0 Å². The average Bonchev–Trinajstić information content (AvgIpc) is 2.67. The summed E-state index contributed by atoms with van der Waals surface area (Å²) in [5.41, 5.74) is 0. The van der Waals surface area contributed by atoms with E-state index in [-0.39, 0.29) is 16.5 Å². The van der Waals surface area contributed by atoms with Gasteiger partial charge in [0.15, 0.2) is 0 Å². The van der Waals surface area contributed by atoms with Crippen LogP contribution in [0.5, 0.6) is 0 Å². The van der Waals surface area contributed by atoms with Crippen LogP contribution in [0.25, 0.3) is 0 Å². The zero-order valence-electron chi connectivity index (χ0n) is 5.67. The monoisotopic (exact) mass is 194 g/mol. The molecule has 0 amide bonds. The molecule has 0 bridgehead atoms. The first kappa shape index (κ1) is 9.91. The molecule has 0 aliphatic heterocycles. The van der Waals surface area contributed by atoms with Gasteiger partial charge in [0, 0.05) is 24.8 Å². The van der Waals surface area contributed by atoms with E-state index in [4.69, 9.17) is 0 Å². The molecule has 4 nitrogen and oxygen atoms in total. The number of aromatic nitrogens is 4. The van der Waals surface area contributed by atoms with E-state index in [1.165, 1.54) is 0 Å². The van der Waals surface area contributed by atoms with Crippen molar-refractivity contribution in [1.82, 2.24) is 19.9 Å². The van der Waals surface area contributed by atoms with Crippen LogP contribution < -0.4 is 0 Å². The first-order valence-corrected chi connectivity index (χ1v) is 2.85. The maximum atomic E-state index is 3.67. The molecule has 0 aliphatic rings. The molecule has 2 rings (SSSR count). The third kappa shape index (κ3) is 5.36. The summed E-state index contributed by atoms with van der Waals surface area (Å²) < 4.78 is 0. The van der Waals surface area contributed by atoms with Crippen LogP contribution in [0.3, 0.4) is 0 Å². The van der Waals surface area contributed by atoms with Gasteiger partial charge in [-0.25, -0.2) is 9.97 Å². The number of rotatable bonds is 0. The molecule has 0 aliphatic carbocycles. The number of aromatic amines is 2. The molecular weight excluding hydrogens is 187 g/mol. The number of nitrogens with one attached hydrogen (secondary N) is 2. The van der Waals surface area contributed by atoms with Crippen LogP contribution >= 0.6 is 0 Å². The molecule has 0 atom stereocenters. The maximum absolute atomic E-state index is 3.67. The van der Waals surface area contributed by atoms with Crippen LogP contribution in [0.2, 0.25) is 0 Å². The molecule has 0 saturated carbocycles. The summed E-state index contributed by atoms with van der Waals surface area (Å²) in [6.45, 7) is 0. The quantitative estimate of drug-likeness (QED) is 0.611. The molecule has 0 spiro atoms. The van der Waals surface area contributed by atoms with Crippen LogP contribution in [0, 0.1) is 0 Å². The zero-order valence-corrected chi connectivity index (χ0v) is 6.66. The van der Waals surface area contributed by atoms with Gasteiger partial charge in [-0.3, -0.25) is 0 Å². The average molecular weight is 195 g/mol. The molecule has 2 heterocycles. The Bertz CT molecular complexity index is 154. The Morgan fingerprint density at radius 2 is 1.27 bits per heavy atom. The van der Waals surface area contributed by atoms with Gasteiger partial charge in [-0.2, -0.15) is 0 Å². The van der Waals surface area contributed by atoms with E-state index in [2.05, 4.69) is 19.9 Å². The standard InChI is InChI=1S/2C3H4N2.Ni/c2*1-2-5-3-4-1;/h2*1-3H,(H,4,5);/q;;+2. The van der Waals surface area contributed by atoms with E-state index < -0.39 is 0 Å². The Balaban J connectivity index is 0.000000167. The van der Waals surface area contributed by atoms with Gasteiger partial charge in [-0.15, -0.1) is 0 Å². The first-order chi connectivity index (χ1) is 5.00. The predicted molar refractivity (Wildman–Crippen MR) is 37.2 cm³/mol. The van der Waals surface area contributed by atoms with Gasteiger partial charge in [0.2, 0.25) is 0 Å². The molecule has 2 aromatic heterocycles. The van der Waals surface area contributed by atoms with Gasteiger partial charge in [0.25, 0.3) is 0 Å². The topological polar surface area (TPSA) is 57.4 Å². The number of hydrogen-bond donors (Lipinski definition) is 2. The Morgan fingerprint density at radius 1 is 0.818 bits per heavy atom. The third-order valence-corrected chi connectivity index (χ3v) is 0.812. The van der Waals surface area contributed by atoms with E-state index >= 15 is 0 Å². The summed E-state index contributed by atoms with van der Waals surface area (Å²) in [6, 6.07) is 0. The zero-order chi connectivity index (χ0) is 7.07. The Morgan fingerprint density at radius 3 is 1.36 bits per heavy atom. The summed E-state index contributed by atoms with van der Waals surface area (Å²) >= 11 is 0. The fourth-order valence-corrected chi connectivity index (χ4v) is 0.430. The Kier molecular flexibility index (Phi) is 6.33. The number of H-pyrrole nitrogens is 2. The van der Waals surface area contributed by atoms with Gasteiger partial charge in [-0.05, 0) is 0 Å². The van der Waals surface area contributed by atoms with Crippen molar-refractivity contribution in [2.24, 2.45) is 0 Å². The minimum atomic E-state index is 0. The number of hydrogen-bond acceptors (Lipinski definition) is 2. The van der Waals surface area contributed by atoms with Crippen molar-refractivity contribution in [3.05, 3.63) is 37.4 Å². The Labute approximate surface area is 74.4 Å². The Hall–Kier alpha value is -1.09. The van der Waals surface area contributed by atoms with E-state index in [1.807, 2.05) is 0 Å². The molecule has 5 heteroatoms. The van der Waals surface area contributed by atoms with Gasteiger partial charge in [0.1, 0.15) is 0 Å². The molecule has 0 saturated heterocycles. The van der Waals surface area contributed by atoms with Gasteiger partial charge in [0.05, 0.1) is 12.7 Å². The van der Waals surface area contributed by atoms with Crippen molar-refractivity contribution in [1.29, 1.82) is 0 Å². The van der Waals surface area contributed by atoms with Crippen LogP contribution in [0.15, 0.2) is 37.4 Å². The normalized spacial score (nSPS) is 7.27. The van der Waals surface area contributed by atoms with Crippen LogP contribution in [-0.2, 0) is 16.5 Å². The smallest absolute Gasteiger partial charge is 0.351 e. The minimum Gasteiger partial charge on any atom is -0.351 e. The van der Waals surface area contributed by atoms with Crippen LogP contribution in [0.1, 0.15) is 0 Å². The van der Waals surface area contributed by atoms with E-state index in [9.17, 15) is 0 Å². The summed E-state index contributed by atoms with van der Waals surface area (Å²) in [5.74, 6) is 0. The van der Waals surface area contributed by atoms with Crippen LogP contribution in [0.4, 0.5) is 0 Å². The second kappa shape index (κ2) is 7.03. The molecule has 0 unspecified atom stereocenters. The maximum Gasteiger partial charge on any atom is 2.00 e. The second-order valence-electron chi connectivity index (χ2n) is 1.52. The number of imidazole rings is 2. The fraction of sp³-hybridized carbons (Fsp3) is 0. The molecular formula is C6H8N4Ni+2. The molecule has 60 valence electrons. The first-order valence-electron chi connectivity index (χ1n) is 2.85. The second-order valence-corrected chi connectivity index (χ2v) is 1.52. The molecule has 0 fully saturated rings. The van der Waals surface area contributed by atoms with Crippen molar-refractivity contribution in [2.45, 2.75) is 0 Å². The molecule has 0 aromatic carbocycles. The summed E-state index contributed by atoms with van der Waals surface area (Å²) in [5, 5.41) is 0. The summed E-state index contributed by atoms with van der Waals surface area (Å²) in [6.07, 6.45) is 10.2. The molecule has 0 radical (unpaired) electrons. The summed E-state index contributed by atoms with van der Waals surface area (Å²) in [4.78, 5) is 12.8.